The molecule has 0 radical (unpaired) electrons. The summed E-state index contributed by atoms with van der Waals surface area (Å²) in [4.78, 5) is 0.226. The molecule has 0 aliphatic carbocycles. The summed E-state index contributed by atoms with van der Waals surface area (Å²) in [5.41, 5.74) is 11.8. The zero-order chi connectivity index (χ0) is 24.6. The molecule has 4 rings (SSSR count). The maximum absolute atomic E-state index is 12.9. The Morgan fingerprint density at radius 3 is 1.57 bits per heavy atom. The van der Waals surface area contributed by atoms with Gasteiger partial charge in [-0.3, -0.25) is 0 Å². The Hall–Kier alpha value is -2.63. The van der Waals surface area contributed by atoms with E-state index < -0.39 is 22.1 Å². The standard InChI is InChI=1S/C21H22N2O2S.C8H10.Ru/c1-16-12-14-19(15-13-16)26(24,25)23-21(18-10-6-3-7-11-18)20(22)17-8-4-2-5-9-17;1-7-4-3-5-8(2)6-7;/h2-15,20-21,23H,22H2,1H3;3-6H,1-2H3;/t20-,21-;;/m1../s1. The fourth-order valence-corrected chi connectivity index (χ4v) is 4.88. The van der Waals surface area contributed by atoms with E-state index in [2.05, 4.69) is 42.8 Å². The van der Waals surface area contributed by atoms with Gasteiger partial charge in [-0.05, 0) is 44.0 Å². The minimum atomic E-state index is -3.71. The minimum Gasteiger partial charge on any atom is -0.322 e. The van der Waals surface area contributed by atoms with Crippen molar-refractivity contribution in [3.8, 4) is 0 Å². The third-order valence-corrected chi connectivity index (χ3v) is 6.95. The molecule has 3 N–H and O–H groups in total. The van der Waals surface area contributed by atoms with Crippen molar-refractivity contribution in [1.29, 1.82) is 0 Å². The van der Waals surface area contributed by atoms with Gasteiger partial charge >= 0.3 is 0 Å². The molecule has 4 aromatic rings. The quantitative estimate of drug-likeness (QED) is 0.277. The van der Waals surface area contributed by atoms with Crippen LogP contribution in [0.5, 0.6) is 0 Å². The molecule has 0 spiro atoms. The molecule has 35 heavy (non-hydrogen) atoms. The molecule has 0 saturated heterocycles. The van der Waals surface area contributed by atoms with Gasteiger partial charge in [0, 0.05) is 19.5 Å². The second-order valence-corrected chi connectivity index (χ2v) is 10.1. The van der Waals surface area contributed by atoms with Gasteiger partial charge in [0.05, 0.1) is 17.0 Å². The molecular formula is C29H32N2O2RuS. The Morgan fingerprint density at radius 2 is 1.11 bits per heavy atom. The summed E-state index contributed by atoms with van der Waals surface area (Å²) < 4.78 is 28.6. The summed E-state index contributed by atoms with van der Waals surface area (Å²) in [5.74, 6) is 0. The monoisotopic (exact) mass is 574 g/mol. The first-order chi connectivity index (χ1) is 16.3. The molecule has 0 aromatic heterocycles. The van der Waals surface area contributed by atoms with Crippen LogP contribution in [-0.4, -0.2) is 8.42 Å². The van der Waals surface area contributed by atoms with Crippen molar-refractivity contribution in [3.05, 3.63) is 137 Å². The van der Waals surface area contributed by atoms with Crippen LogP contribution in [0.15, 0.2) is 114 Å². The minimum absolute atomic E-state index is 0. The first-order valence-corrected chi connectivity index (χ1v) is 12.7. The Kier molecular flexibility index (Phi) is 11.0. The third kappa shape index (κ3) is 8.52. The van der Waals surface area contributed by atoms with Crippen molar-refractivity contribution in [3.63, 3.8) is 0 Å². The van der Waals surface area contributed by atoms with Crippen molar-refractivity contribution < 1.29 is 27.9 Å². The molecule has 0 aliphatic rings. The third-order valence-electron chi connectivity index (χ3n) is 5.49. The second kappa shape index (κ2) is 13.5. The molecule has 0 amide bonds. The van der Waals surface area contributed by atoms with E-state index in [1.54, 1.807) is 24.3 Å². The smallest absolute Gasteiger partial charge is 0.241 e. The fraction of sp³-hybridized carbons (Fsp3) is 0.172. The average Bonchev–Trinajstić information content (AvgIpc) is 2.84. The van der Waals surface area contributed by atoms with Crippen LogP contribution in [0.4, 0.5) is 0 Å². The summed E-state index contributed by atoms with van der Waals surface area (Å²) >= 11 is 0. The number of sulfonamides is 1. The molecule has 4 nitrogen and oxygen atoms in total. The van der Waals surface area contributed by atoms with Crippen LogP contribution in [-0.2, 0) is 29.5 Å². The van der Waals surface area contributed by atoms with Crippen LogP contribution < -0.4 is 10.5 Å². The number of hydrogen-bond acceptors (Lipinski definition) is 3. The van der Waals surface area contributed by atoms with Crippen LogP contribution in [0.1, 0.15) is 39.9 Å². The molecule has 0 heterocycles. The van der Waals surface area contributed by atoms with Gasteiger partial charge in [-0.2, -0.15) is 0 Å². The number of aryl methyl sites for hydroxylation is 3. The zero-order valence-corrected chi connectivity index (χ0v) is 22.8. The fourth-order valence-electron chi connectivity index (χ4n) is 3.64. The molecule has 2 atom stereocenters. The van der Waals surface area contributed by atoms with Gasteiger partial charge in [0.1, 0.15) is 0 Å². The van der Waals surface area contributed by atoms with E-state index in [0.29, 0.717) is 0 Å². The van der Waals surface area contributed by atoms with Gasteiger partial charge in [0.2, 0.25) is 10.0 Å². The van der Waals surface area contributed by atoms with Crippen LogP contribution in [0, 0.1) is 20.8 Å². The number of benzene rings is 4. The summed E-state index contributed by atoms with van der Waals surface area (Å²) in [7, 11) is -3.71. The summed E-state index contributed by atoms with van der Waals surface area (Å²) in [6.07, 6.45) is 0. The van der Waals surface area contributed by atoms with Crippen molar-refractivity contribution in [2.75, 3.05) is 0 Å². The molecule has 0 bridgehead atoms. The van der Waals surface area contributed by atoms with Crippen molar-refractivity contribution >= 4 is 10.0 Å². The Morgan fingerprint density at radius 1 is 0.629 bits per heavy atom. The number of nitrogens with one attached hydrogen (secondary N) is 1. The second-order valence-electron chi connectivity index (χ2n) is 8.42. The van der Waals surface area contributed by atoms with Gasteiger partial charge in [0.25, 0.3) is 0 Å². The largest absolute Gasteiger partial charge is 0.322 e. The summed E-state index contributed by atoms with van der Waals surface area (Å²) in [5, 5.41) is 0. The normalized spacial score (nSPS) is 12.5. The zero-order valence-electron chi connectivity index (χ0n) is 20.2. The van der Waals surface area contributed by atoms with Crippen LogP contribution in [0.3, 0.4) is 0 Å². The van der Waals surface area contributed by atoms with Crippen molar-refractivity contribution in [2.45, 2.75) is 37.8 Å². The SMILES string of the molecule is Cc1ccc(S(=O)(=O)N[C@H](c2ccccc2)[C@H](N)c2ccccc2)cc1.Cc1cccc(C)c1.[Ru]. The Labute approximate surface area is 222 Å². The van der Waals surface area contributed by atoms with Gasteiger partial charge in [-0.15, -0.1) is 0 Å². The molecule has 184 valence electrons. The van der Waals surface area contributed by atoms with Crippen molar-refractivity contribution in [1.82, 2.24) is 4.72 Å². The van der Waals surface area contributed by atoms with Gasteiger partial charge in [0.15, 0.2) is 0 Å². The summed E-state index contributed by atoms with van der Waals surface area (Å²) in [6, 6.07) is 33.0. The van der Waals surface area contributed by atoms with Crippen LogP contribution in [0.25, 0.3) is 0 Å². The van der Waals surface area contributed by atoms with E-state index in [9.17, 15) is 8.42 Å². The van der Waals surface area contributed by atoms with E-state index in [0.717, 1.165) is 16.7 Å². The van der Waals surface area contributed by atoms with Crippen LogP contribution in [0.2, 0.25) is 0 Å². The predicted octanol–water partition coefficient (Wildman–Crippen LogP) is 6.02. The topological polar surface area (TPSA) is 72.2 Å². The molecule has 0 saturated carbocycles. The average molecular weight is 574 g/mol. The molecule has 4 aromatic carbocycles. The molecule has 0 fully saturated rings. The maximum atomic E-state index is 12.9. The first-order valence-electron chi connectivity index (χ1n) is 11.2. The predicted molar refractivity (Wildman–Crippen MR) is 140 cm³/mol. The number of hydrogen-bond donors (Lipinski definition) is 2. The number of nitrogens with two attached hydrogens (primary N) is 1. The van der Waals surface area contributed by atoms with Gasteiger partial charge < -0.3 is 5.73 Å². The molecule has 0 unspecified atom stereocenters. The molecule has 6 heteroatoms. The number of rotatable bonds is 6. The van der Waals surface area contributed by atoms with E-state index in [-0.39, 0.29) is 24.4 Å². The molecular weight excluding hydrogens is 541 g/mol. The van der Waals surface area contributed by atoms with E-state index in [1.165, 1.54) is 11.1 Å². The van der Waals surface area contributed by atoms with Gasteiger partial charge in [-0.1, -0.05) is 114 Å². The van der Waals surface area contributed by atoms with E-state index in [1.807, 2.05) is 67.6 Å². The maximum Gasteiger partial charge on any atom is 0.241 e. The molecule has 0 aliphatic heterocycles. The Balaban J connectivity index is 0.000000409. The van der Waals surface area contributed by atoms with Crippen LogP contribution >= 0.6 is 0 Å². The summed E-state index contributed by atoms with van der Waals surface area (Å²) in [6.45, 7) is 6.13. The van der Waals surface area contributed by atoms with Gasteiger partial charge in [-0.25, -0.2) is 13.1 Å². The van der Waals surface area contributed by atoms with Crippen molar-refractivity contribution in [2.24, 2.45) is 5.73 Å². The first kappa shape index (κ1) is 28.6. The Bertz CT molecular complexity index is 1260. The van der Waals surface area contributed by atoms with E-state index >= 15 is 0 Å². The van der Waals surface area contributed by atoms with E-state index in [4.69, 9.17) is 5.73 Å².